The molecule has 0 bridgehead atoms. The molecule has 0 saturated carbocycles. The van der Waals surface area contributed by atoms with Crippen molar-refractivity contribution in [1.29, 1.82) is 0 Å². The van der Waals surface area contributed by atoms with Crippen molar-refractivity contribution in [3.63, 3.8) is 0 Å². The first-order valence-corrected chi connectivity index (χ1v) is 7.69. The molecule has 0 aliphatic carbocycles. The fourth-order valence-electron chi connectivity index (χ4n) is 4.07. The molecule has 4 rings (SSSR count). The van der Waals surface area contributed by atoms with Gasteiger partial charge in [0.25, 0.3) is 0 Å². The van der Waals surface area contributed by atoms with E-state index in [0.29, 0.717) is 0 Å². The van der Waals surface area contributed by atoms with Crippen molar-refractivity contribution in [3.8, 4) is 0 Å². The van der Waals surface area contributed by atoms with Gasteiger partial charge < -0.3 is 9.52 Å². The van der Waals surface area contributed by atoms with Gasteiger partial charge in [-0.25, -0.2) is 0 Å². The molecule has 3 nitrogen and oxygen atoms in total. The lowest BCUT2D eigenvalue weighted by molar-refractivity contribution is -0.0960. The van der Waals surface area contributed by atoms with Crippen molar-refractivity contribution in [2.75, 3.05) is 13.1 Å². The van der Waals surface area contributed by atoms with Crippen LogP contribution in [0, 0.1) is 0 Å². The zero-order chi connectivity index (χ0) is 13.7. The maximum Gasteiger partial charge on any atom is 0.134 e. The summed E-state index contributed by atoms with van der Waals surface area (Å²) in [7, 11) is 0. The predicted octanol–water partition coefficient (Wildman–Crippen LogP) is 3.27. The maximum absolute atomic E-state index is 11.0. The van der Waals surface area contributed by atoms with Crippen molar-refractivity contribution in [2.24, 2.45) is 0 Å². The number of nitrogens with zero attached hydrogens (tertiary/aromatic N) is 1. The summed E-state index contributed by atoms with van der Waals surface area (Å²) in [6.07, 6.45) is 3.77. The molecule has 3 heteroatoms. The predicted molar refractivity (Wildman–Crippen MR) is 78.7 cm³/mol. The number of hydrogen-bond acceptors (Lipinski definition) is 3. The van der Waals surface area contributed by atoms with Gasteiger partial charge in [0.05, 0.1) is 11.6 Å². The van der Waals surface area contributed by atoms with Crippen LogP contribution in [0.4, 0.5) is 0 Å². The molecule has 2 aromatic rings. The minimum absolute atomic E-state index is 0.0393. The van der Waals surface area contributed by atoms with Crippen molar-refractivity contribution in [1.82, 2.24) is 4.90 Å². The summed E-state index contributed by atoms with van der Waals surface area (Å²) in [5.41, 5.74) is 1.64. The molecule has 1 fully saturated rings. The Morgan fingerprint density at radius 3 is 3.05 bits per heavy atom. The summed E-state index contributed by atoms with van der Waals surface area (Å²) in [4.78, 5) is 2.41. The smallest absolute Gasteiger partial charge is 0.134 e. The van der Waals surface area contributed by atoms with Crippen LogP contribution in [0.15, 0.2) is 28.7 Å². The van der Waals surface area contributed by atoms with Crippen molar-refractivity contribution in [2.45, 2.75) is 44.2 Å². The molecule has 2 aliphatic heterocycles. The molecule has 0 radical (unpaired) electrons. The highest BCUT2D eigenvalue weighted by atomic mass is 16.3. The van der Waals surface area contributed by atoms with E-state index in [2.05, 4.69) is 24.0 Å². The van der Waals surface area contributed by atoms with E-state index in [-0.39, 0.29) is 6.04 Å². The Balaban J connectivity index is 1.91. The quantitative estimate of drug-likeness (QED) is 0.865. The van der Waals surface area contributed by atoms with E-state index in [4.69, 9.17) is 4.42 Å². The van der Waals surface area contributed by atoms with Crippen LogP contribution >= 0.6 is 0 Å². The fourth-order valence-corrected chi connectivity index (χ4v) is 4.07. The van der Waals surface area contributed by atoms with Gasteiger partial charge in [-0.2, -0.15) is 0 Å². The van der Waals surface area contributed by atoms with Crippen LogP contribution in [-0.2, 0) is 6.42 Å². The summed E-state index contributed by atoms with van der Waals surface area (Å²) < 4.78 is 6.16. The molecule has 2 aliphatic rings. The Morgan fingerprint density at radius 1 is 1.35 bits per heavy atom. The third-order valence-corrected chi connectivity index (χ3v) is 5.17. The summed E-state index contributed by atoms with van der Waals surface area (Å²) in [5.74, 6) is 1.02. The van der Waals surface area contributed by atoms with E-state index in [1.54, 1.807) is 0 Å². The zero-order valence-corrected chi connectivity index (χ0v) is 11.9. The highest BCUT2D eigenvalue weighted by Crippen LogP contribution is 2.47. The van der Waals surface area contributed by atoms with Gasteiger partial charge in [0.1, 0.15) is 11.3 Å². The number of rotatable bonds is 1. The lowest BCUT2D eigenvalue weighted by atomic mass is 9.78. The minimum atomic E-state index is -0.638. The second-order valence-electron chi connectivity index (χ2n) is 6.19. The molecule has 2 atom stereocenters. The summed E-state index contributed by atoms with van der Waals surface area (Å²) >= 11 is 0. The number of piperidine rings is 1. The zero-order valence-electron chi connectivity index (χ0n) is 11.9. The SMILES string of the molecule is CC[C@@]1(O)CCCN2CCc3c(oc4ccccc34)C21. The Hall–Kier alpha value is -1.32. The van der Waals surface area contributed by atoms with Gasteiger partial charge in [-0.15, -0.1) is 0 Å². The second-order valence-corrected chi connectivity index (χ2v) is 6.19. The van der Waals surface area contributed by atoms with E-state index in [9.17, 15) is 5.11 Å². The van der Waals surface area contributed by atoms with E-state index < -0.39 is 5.60 Å². The Labute approximate surface area is 119 Å². The molecule has 20 heavy (non-hydrogen) atoms. The number of furan rings is 1. The second kappa shape index (κ2) is 4.34. The molecule has 3 heterocycles. The fraction of sp³-hybridized carbons (Fsp3) is 0.529. The molecular formula is C17H21NO2. The molecule has 1 saturated heterocycles. The van der Waals surface area contributed by atoms with Gasteiger partial charge in [0, 0.05) is 17.5 Å². The van der Waals surface area contributed by atoms with Crippen molar-refractivity contribution < 1.29 is 9.52 Å². The minimum Gasteiger partial charge on any atom is -0.459 e. The van der Waals surface area contributed by atoms with Crippen LogP contribution < -0.4 is 0 Å². The van der Waals surface area contributed by atoms with Crippen molar-refractivity contribution >= 4 is 11.0 Å². The number of hydrogen-bond donors (Lipinski definition) is 1. The third kappa shape index (κ3) is 1.60. The van der Waals surface area contributed by atoms with Gasteiger partial charge in [0.15, 0.2) is 0 Å². The van der Waals surface area contributed by atoms with Crippen LogP contribution in [0.1, 0.15) is 43.6 Å². The largest absolute Gasteiger partial charge is 0.459 e. The average molecular weight is 271 g/mol. The Kier molecular flexibility index (Phi) is 2.69. The monoisotopic (exact) mass is 271 g/mol. The van der Waals surface area contributed by atoms with Gasteiger partial charge in [-0.3, -0.25) is 4.90 Å². The van der Waals surface area contributed by atoms with Crippen molar-refractivity contribution in [3.05, 3.63) is 35.6 Å². The number of aliphatic hydroxyl groups is 1. The third-order valence-electron chi connectivity index (χ3n) is 5.17. The highest BCUT2D eigenvalue weighted by Gasteiger charge is 2.47. The first-order chi connectivity index (χ1) is 9.73. The highest BCUT2D eigenvalue weighted by molar-refractivity contribution is 5.82. The lowest BCUT2D eigenvalue weighted by Crippen LogP contribution is -2.52. The maximum atomic E-state index is 11.0. The van der Waals surface area contributed by atoms with Gasteiger partial charge in [-0.05, 0) is 38.3 Å². The van der Waals surface area contributed by atoms with Crippen LogP contribution in [-0.4, -0.2) is 28.7 Å². The molecule has 1 aromatic heterocycles. The molecule has 106 valence electrons. The normalized spacial score (nSPS) is 30.2. The first-order valence-electron chi connectivity index (χ1n) is 7.69. The molecule has 1 N–H and O–H groups in total. The van der Waals surface area contributed by atoms with E-state index in [1.165, 1.54) is 10.9 Å². The molecule has 1 aromatic carbocycles. The summed E-state index contributed by atoms with van der Waals surface area (Å²) in [5, 5.41) is 12.3. The van der Waals surface area contributed by atoms with Crippen LogP contribution in [0.3, 0.4) is 0 Å². The standard InChI is InChI=1S/C17H21NO2/c1-2-17(19)9-5-10-18-11-8-13-12-6-3-4-7-14(12)20-15(13)16(17)18/h3-4,6-7,16,19H,2,5,8-11H2,1H3/t16?,17-/m1/s1. The molecular weight excluding hydrogens is 250 g/mol. The number of fused-ring (bicyclic) bond motifs is 5. The molecule has 1 unspecified atom stereocenters. The van der Waals surface area contributed by atoms with Crippen LogP contribution in [0.25, 0.3) is 11.0 Å². The number of para-hydroxylation sites is 1. The number of benzene rings is 1. The van der Waals surface area contributed by atoms with Crippen LogP contribution in [0.5, 0.6) is 0 Å². The molecule has 0 spiro atoms. The lowest BCUT2D eigenvalue weighted by Gasteiger charge is -2.48. The summed E-state index contributed by atoms with van der Waals surface area (Å²) in [6, 6.07) is 8.30. The average Bonchev–Trinajstić information content (AvgIpc) is 2.85. The van der Waals surface area contributed by atoms with E-state index in [1.807, 2.05) is 12.1 Å². The van der Waals surface area contributed by atoms with Crippen LogP contribution in [0.2, 0.25) is 0 Å². The van der Waals surface area contributed by atoms with E-state index in [0.717, 1.165) is 50.1 Å². The first kappa shape index (κ1) is 12.4. The Bertz CT molecular complexity index is 647. The van der Waals surface area contributed by atoms with Gasteiger partial charge in [0.2, 0.25) is 0 Å². The van der Waals surface area contributed by atoms with E-state index >= 15 is 0 Å². The Morgan fingerprint density at radius 2 is 2.20 bits per heavy atom. The topological polar surface area (TPSA) is 36.6 Å². The molecule has 0 amide bonds. The van der Waals surface area contributed by atoms with Gasteiger partial charge in [-0.1, -0.05) is 25.1 Å². The van der Waals surface area contributed by atoms with Gasteiger partial charge >= 0.3 is 0 Å². The summed E-state index contributed by atoms with van der Waals surface area (Å²) in [6.45, 7) is 4.19.